The number of carbonyl (C=O) groups excluding carboxylic acids is 2. The van der Waals surface area contributed by atoms with E-state index in [4.69, 9.17) is 9.47 Å². The first-order chi connectivity index (χ1) is 11.6. The summed E-state index contributed by atoms with van der Waals surface area (Å²) in [6.45, 7) is 4.98. The molecule has 0 radical (unpaired) electrons. The Bertz CT molecular complexity index is 770. The summed E-state index contributed by atoms with van der Waals surface area (Å²) in [4.78, 5) is 25.0. The van der Waals surface area contributed by atoms with Gasteiger partial charge in [-0.2, -0.15) is 0 Å². The molecule has 3 rings (SSSR count). The van der Waals surface area contributed by atoms with Crippen LogP contribution in [0, 0.1) is 0 Å². The van der Waals surface area contributed by atoms with E-state index in [-0.39, 0.29) is 11.8 Å². The Kier molecular flexibility index (Phi) is 4.71. The highest BCUT2D eigenvalue weighted by Gasteiger charge is 2.18. The molecule has 0 atom stereocenters. The third-order valence-electron chi connectivity index (χ3n) is 3.62. The molecule has 0 spiro atoms. The summed E-state index contributed by atoms with van der Waals surface area (Å²) in [7, 11) is 0. The molecule has 1 aromatic carbocycles. The van der Waals surface area contributed by atoms with Gasteiger partial charge in [-0.25, -0.2) is 0 Å². The minimum atomic E-state index is -0.414. The molecule has 0 saturated carbocycles. The minimum absolute atomic E-state index is 0.241. The third-order valence-corrected chi connectivity index (χ3v) is 4.55. The van der Waals surface area contributed by atoms with Crippen molar-refractivity contribution < 1.29 is 19.1 Å². The topological polar surface area (TPSA) is 76.7 Å². The van der Waals surface area contributed by atoms with E-state index in [0.717, 1.165) is 5.56 Å². The maximum absolute atomic E-state index is 12.2. The lowest BCUT2D eigenvalue weighted by Gasteiger charge is -2.18. The van der Waals surface area contributed by atoms with Crippen molar-refractivity contribution in [2.45, 2.75) is 19.8 Å². The second-order valence-corrected chi connectivity index (χ2v) is 6.54. The number of nitrogens with one attached hydrogen (secondary N) is 2. The average molecular weight is 346 g/mol. The second kappa shape index (κ2) is 6.92. The van der Waals surface area contributed by atoms with E-state index in [1.165, 1.54) is 11.3 Å². The molecular weight excluding hydrogens is 328 g/mol. The highest BCUT2D eigenvalue weighted by molar-refractivity contribution is 7.12. The van der Waals surface area contributed by atoms with Gasteiger partial charge in [-0.15, -0.1) is 11.3 Å². The summed E-state index contributed by atoms with van der Waals surface area (Å²) < 4.78 is 10.9. The number of fused-ring (bicyclic) bond motifs is 1. The van der Waals surface area contributed by atoms with Crippen LogP contribution in [0.3, 0.4) is 0 Å². The molecular formula is C17H18N2O4S. The molecule has 0 fully saturated rings. The Labute approximate surface area is 143 Å². The SMILES string of the molecule is CC(C)c1ccsc1C(=O)NNC(=O)c1ccc2c(c1)OCCO2. The van der Waals surface area contributed by atoms with Gasteiger partial charge in [0.05, 0.1) is 4.88 Å². The summed E-state index contributed by atoms with van der Waals surface area (Å²) in [6.07, 6.45) is 0. The quantitative estimate of drug-likeness (QED) is 0.838. The van der Waals surface area contributed by atoms with Crippen molar-refractivity contribution >= 4 is 23.2 Å². The van der Waals surface area contributed by atoms with E-state index in [2.05, 4.69) is 10.9 Å². The number of benzene rings is 1. The van der Waals surface area contributed by atoms with Crippen molar-refractivity contribution in [2.75, 3.05) is 13.2 Å². The molecule has 2 N–H and O–H groups in total. The zero-order valence-electron chi connectivity index (χ0n) is 13.4. The lowest BCUT2D eigenvalue weighted by Crippen LogP contribution is -2.41. The summed E-state index contributed by atoms with van der Waals surface area (Å²) >= 11 is 1.35. The summed E-state index contributed by atoms with van der Waals surface area (Å²) in [5.74, 6) is 0.649. The normalized spacial score (nSPS) is 12.8. The third kappa shape index (κ3) is 3.35. The number of carbonyl (C=O) groups is 2. The van der Waals surface area contributed by atoms with Crippen LogP contribution in [-0.2, 0) is 0 Å². The number of amides is 2. The van der Waals surface area contributed by atoms with Crippen molar-refractivity contribution in [1.29, 1.82) is 0 Å². The van der Waals surface area contributed by atoms with Crippen molar-refractivity contribution in [1.82, 2.24) is 10.9 Å². The van der Waals surface area contributed by atoms with Crippen LogP contribution < -0.4 is 20.3 Å². The number of hydrogen-bond donors (Lipinski definition) is 2. The van der Waals surface area contributed by atoms with Gasteiger partial charge >= 0.3 is 0 Å². The van der Waals surface area contributed by atoms with Gasteiger partial charge in [0.15, 0.2) is 11.5 Å². The van der Waals surface area contributed by atoms with Gasteiger partial charge in [-0.3, -0.25) is 20.4 Å². The van der Waals surface area contributed by atoms with E-state index < -0.39 is 5.91 Å². The molecule has 6 nitrogen and oxygen atoms in total. The highest BCUT2D eigenvalue weighted by atomic mass is 32.1. The Morgan fingerprint density at radius 2 is 1.75 bits per heavy atom. The van der Waals surface area contributed by atoms with E-state index in [1.54, 1.807) is 18.2 Å². The van der Waals surface area contributed by atoms with E-state index in [1.807, 2.05) is 25.3 Å². The van der Waals surface area contributed by atoms with E-state index in [0.29, 0.717) is 35.2 Å². The Hall–Kier alpha value is -2.54. The maximum atomic E-state index is 12.2. The molecule has 1 aliphatic heterocycles. The van der Waals surface area contributed by atoms with Gasteiger partial charge in [0.1, 0.15) is 13.2 Å². The molecule has 1 aromatic heterocycles. The molecule has 1 aliphatic rings. The van der Waals surface area contributed by atoms with Gasteiger partial charge in [0.2, 0.25) is 0 Å². The fraction of sp³-hybridized carbons (Fsp3) is 0.294. The zero-order valence-corrected chi connectivity index (χ0v) is 14.2. The molecule has 7 heteroatoms. The molecule has 126 valence electrons. The molecule has 0 bridgehead atoms. The van der Waals surface area contributed by atoms with Crippen LogP contribution in [0.1, 0.15) is 45.4 Å². The predicted octanol–water partition coefficient (Wildman–Crippen LogP) is 2.72. The number of hydrogen-bond acceptors (Lipinski definition) is 5. The molecule has 0 saturated heterocycles. The maximum Gasteiger partial charge on any atom is 0.280 e. The van der Waals surface area contributed by atoms with Crippen LogP contribution in [0.5, 0.6) is 11.5 Å². The first-order valence-corrected chi connectivity index (χ1v) is 8.52. The van der Waals surface area contributed by atoms with Crippen molar-refractivity contribution in [3.8, 4) is 11.5 Å². The predicted molar refractivity (Wildman–Crippen MR) is 90.8 cm³/mol. The monoisotopic (exact) mass is 346 g/mol. The van der Waals surface area contributed by atoms with Crippen molar-refractivity contribution in [3.63, 3.8) is 0 Å². The first-order valence-electron chi connectivity index (χ1n) is 7.64. The van der Waals surface area contributed by atoms with Crippen LogP contribution in [0.25, 0.3) is 0 Å². The molecule has 2 amide bonds. The van der Waals surface area contributed by atoms with Gasteiger partial charge in [-0.05, 0) is 41.1 Å². The lowest BCUT2D eigenvalue weighted by molar-refractivity contribution is 0.0847. The van der Waals surface area contributed by atoms with Crippen LogP contribution in [0.2, 0.25) is 0 Å². The zero-order chi connectivity index (χ0) is 17.1. The highest BCUT2D eigenvalue weighted by Crippen LogP contribution is 2.30. The number of hydrazine groups is 1. The second-order valence-electron chi connectivity index (χ2n) is 5.63. The lowest BCUT2D eigenvalue weighted by atomic mass is 10.0. The average Bonchev–Trinajstić information content (AvgIpc) is 3.09. The van der Waals surface area contributed by atoms with Gasteiger partial charge in [-0.1, -0.05) is 13.8 Å². The fourth-order valence-corrected chi connectivity index (χ4v) is 3.33. The van der Waals surface area contributed by atoms with E-state index >= 15 is 0 Å². The Morgan fingerprint density at radius 1 is 1.04 bits per heavy atom. The van der Waals surface area contributed by atoms with Crippen molar-refractivity contribution in [3.05, 3.63) is 45.6 Å². The van der Waals surface area contributed by atoms with Gasteiger partial charge in [0, 0.05) is 5.56 Å². The largest absolute Gasteiger partial charge is 0.486 e. The molecule has 2 heterocycles. The summed E-state index contributed by atoms with van der Waals surface area (Å²) in [5, 5.41) is 1.87. The van der Waals surface area contributed by atoms with Gasteiger partial charge in [0.25, 0.3) is 11.8 Å². The molecule has 24 heavy (non-hydrogen) atoms. The molecule has 0 aliphatic carbocycles. The Morgan fingerprint density at radius 3 is 2.50 bits per heavy atom. The molecule has 0 unspecified atom stereocenters. The smallest absolute Gasteiger partial charge is 0.280 e. The standard InChI is InChI=1S/C17H18N2O4S/c1-10(2)12-5-8-24-15(12)17(21)19-18-16(20)11-3-4-13-14(9-11)23-7-6-22-13/h3-5,8-10H,6-7H2,1-2H3,(H,18,20)(H,19,21). The number of ether oxygens (including phenoxy) is 2. The Balaban J connectivity index is 1.65. The molecule has 2 aromatic rings. The number of rotatable bonds is 3. The number of thiophene rings is 1. The van der Waals surface area contributed by atoms with Crippen LogP contribution in [0.4, 0.5) is 0 Å². The van der Waals surface area contributed by atoms with Crippen LogP contribution in [0.15, 0.2) is 29.6 Å². The summed E-state index contributed by atoms with van der Waals surface area (Å²) in [6, 6.07) is 6.83. The van der Waals surface area contributed by atoms with E-state index in [9.17, 15) is 9.59 Å². The van der Waals surface area contributed by atoms with Crippen molar-refractivity contribution in [2.24, 2.45) is 0 Å². The minimum Gasteiger partial charge on any atom is -0.486 e. The van der Waals surface area contributed by atoms with Gasteiger partial charge < -0.3 is 9.47 Å². The first kappa shape index (κ1) is 16.3. The fourth-order valence-electron chi connectivity index (χ4n) is 2.39. The van der Waals surface area contributed by atoms with Crippen LogP contribution >= 0.6 is 11.3 Å². The summed E-state index contributed by atoms with van der Waals surface area (Å²) in [5.41, 5.74) is 6.24. The van der Waals surface area contributed by atoms with Crippen LogP contribution in [-0.4, -0.2) is 25.0 Å².